The largest absolute Gasteiger partial charge is 0.390 e. The SMILES string of the molecule is CC(C)(O)C=CCC[C@](C)(O)[C@H]1CC[C@]2(C)[C@@H]1CC[C@@H]1[C@@]3(C)CCC(=O)C(C)(C)[C@@H]3CC[C@]12C. The molecule has 4 aliphatic carbocycles. The Hall–Kier alpha value is -0.670. The van der Waals surface area contributed by atoms with Crippen LogP contribution in [0, 0.1) is 45.3 Å². The van der Waals surface area contributed by atoms with Crippen LogP contribution in [-0.2, 0) is 4.79 Å². The lowest BCUT2D eigenvalue weighted by atomic mass is 9.35. The van der Waals surface area contributed by atoms with E-state index in [1.54, 1.807) is 13.8 Å². The molecule has 8 atom stereocenters. The van der Waals surface area contributed by atoms with Gasteiger partial charge in [-0.05, 0) is 118 Å². The van der Waals surface area contributed by atoms with Gasteiger partial charge in [-0.25, -0.2) is 0 Å². The van der Waals surface area contributed by atoms with Gasteiger partial charge in [-0.15, -0.1) is 0 Å². The second-order valence-electron chi connectivity index (χ2n) is 14.9. The van der Waals surface area contributed by atoms with E-state index in [0.29, 0.717) is 29.5 Å². The van der Waals surface area contributed by atoms with E-state index in [1.807, 2.05) is 12.2 Å². The summed E-state index contributed by atoms with van der Waals surface area (Å²) in [4.78, 5) is 12.9. The fraction of sp³-hybridized carbons (Fsp3) is 0.903. The predicted octanol–water partition coefficient (Wildman–Crippen LogP) is 7.10. The van der Waals surface area contributed by atoms with Crippen molar-refractivity contribution in [3.63, 3.8) is 0 Å². The lowest BCUT2D eigenvalue weighted by Gasteiger charge is -2.69. The Labute approximate surface area is 209 Å². The molecule has 4 aliphatic rings. The lowest BCUT2D eigenvalue weighted by molar-refractivity contribution is -0.207. The highest BCUT2D eigenvalue weighted by atomic mass is 16.3. The van der Waals surface area contributed by atoms with E-state index < -0.39 is 11.2 Å². The molecule has 0 aromatic heterocycles. The second kappa shape index (κ2) is 8.17. The summed E-state index contributed by atoms with van der Waals surface area (Å²) < 4.78 is 0. The van der Waals surface area contributed by atoms with Gasteiger partial charge in [0, 0.05) is 11.8 Å². The Bertz CT molecular complexity index is 832. The minimum Gasteiger partial charge on any atom is -0.390 e. The smallest absolute Gasteiger partial charge is 0.138 e. The number of allylic oxidation sites excluding steroid dienone is 1. The van der Waals surface area contributed by atoms with Crippen molar-refractivity contribution in [3.05, 3.63) is 12.2 Å². The van der Waals surface area contributed by atoms with E-state index in [-0.39, 0.29) is 21.7 Å². The van der Waals surface area contributed by atoms with Crippen LogP contribution in [0.4, 0.5) is 0 Å². The summed E-state index contributed by atoms with van der Waals surface area (Å²) in [5.41, 5.74) is -0.865. The second-order valence-corrected chi connectivity index (χ2v) is 14.9. The molecule has 2 N–H and O–H groups in total. The molecule has 0 aromatic carbocycles. The first kappa shape index (κ1) is 26.4. The number of aliphatic hydroxyl groups is 2. The zero-order valence-corrected chi connectivity index (χ0v) is 23.3. The van der Waals surface area contributed by atoms with Crippen LogP contribution in [-0.4, -0.2) is 27.2 Å². The molecule has 4 saturated carbocycles. The van der Waals surface area contributed by atoms with E-state index in [2.05, 4.69) is 41.5 Å². The third kappa shape index (κ3) is 3.87. The third-order valence-electron chi connectivity index (χ3n) is 12.3. The van der Waals surface area contributed by atoms with Crippen molar-refractivity contribution >= 4 is 5.78 Å². The van der Waals surface area contributed by atoms with Crippen molar-refractivity contribution in [1.82, 2.24) is 0 Å². The summed E-state index contributed by atoms with van der Waals surface area (Å²) in [5, 5.41) is 21.6. The van der Waals surface area contributed by atoms with Crippen molar-refractivity contribution in [3.8, 4) is 0 Å². The number of hydrogen-bond acceptors (Lipinski definition) is 3. The van der Waals surface area contributed by atoms with E-state index in [9.17, 15) is 15.0 Å². The fourth-order valence-electron chi connectivity index (χ4n) is 10.2. The molecule has 0 amide bonds. The van der Waals surface area contributed by atoms with E-state index >= 15 is 0 Å². The van der Waals surface area contributed by atoms with Crippen molar-refractivity contribution < 1.29 is 15.0 Å². The molecule has 0 spiro atoms. The monoisotopic (exact) mass is 472 g/mol. The molecule has 0 unspecified atom stereocenters. The van der Waals surface area contributed by atoms with Crippen molar-refractivity contribution in [2.75, 3.05) is 0 Å². The molecule has 34 heavy (non-hydrogen) atoms. The molecular weight excluding hydrogens is 420 g/mol. The normalized spacial score (nSPS) is 46.0. The molecule has 194 valence electrons. The zero-order chi connectivity index (χ0) is 25.4. The summed E-state index contributed by atoms with van der Waals surface area (Å²) >= 11 is 0. The van der Waals surface area contributed by atoms with Crippen molar-refractivity contribution in [2.24, 2.45) is 45.3 Å². The number of Topliss-reactive ketones (excluding diaryl/α,β-unsaturated/α-hetero) is 1. The van der Waals surface area contributed by atoms with Crippen LogP contribution in [0.1, 0.15) is 120 Å². The van der Waals surface area contributed by atoms with Crippen LogP contribution >= 0.6 is 0 Å². The van der Waals surface area contributed by atoms with Gasteiger partial charge in [0.05, 0.1) is 11.2 Å². The zero-order valence-electron chi connectivity index (χ0n) is 23.3. The van der Waals surface area contributed by atoms with Crippen LogP contribution < -0.4 is 0 Å². The molecule has 0 radical (unpaired) electrons. The first-order valence-electron chi connectivity index (χ1n) is 14.1. The van der Waals surface area contributed by atoms with Crippen LogP contribution in [0.25, 0.3) is 0 Å². The topological polar surface area (TPSA) is 57.5 Å². The van der Waals surface area contributed by atoms with Crippen molar-refractivity contribution in [1.29, 1.82) is 0 Å². The maximum absolute atomic E-state index is 12.9. The lowest BCUT2D eigenvalue weighted by Crippen LogP contribution is -2.63. The molecule has 0 aromatic rings. The third-order valence-corrected chi connectivity index (χ3v) is 12.3. The van der Waals surface area contributed by atoms with Gasteiger partial charge >= 0.3 is 0 Å². The summed E-state index contributed by atoms with van der Waals surface area (Å²) in [6.07, 6.45) is 14.5. The van der Waals surface area contributed by atoms with E-state index in [0.717, 1.165) is 32.1 Å². The Morgan fingerprint density at radius 2 is 1.53 bits per heavy atom. The van der Waals surface area contributed by atoms with Gasteiger partial charge in [-0.2, -0.15) is 0 Å². The highest BCUT2D eigenvalue weighted by Gasteiger charge is 2.69. The highest BCUT2D eigenvalue weighted by molar-refractivity contribution is 5.85. The van der Waals surface area contributed by atoms with Gasteiger partial charge < -0.3 is 10.2 Å². The molecule has 0 aliphatic heterocycles. The number of rotatable bonds is 5. The van der Waals surface area contributed by atoms with E-state index in [4.69, 9.17) is 0 Å². The number of carbonyl (C=O) groups is 1. The molecule has 0 bridgehead atoms. The summed E-state index contributed by atoms with van der Waals surface area (Å²) in [6, 6.07) is 0. The van der Waals surface area contributed by atoms with Crippen LogP contribution in [0.15, 0.2) is 12.2 Å². The van der Waals surface area contributed by atoms with Crippen molar-refractivity contribution in [2.45, 2.75) is 131 Å². The maximum atomic E-state index is 12.9. The van der Waals surface area contributed by atoms with Crippen LogP contribution in [0.5, 0.6) is 0 Å². The number of hydrogen-bond donors (Lipinski definition) is 2. The van der Waals surface area contributed by atoms with Crippen LogP contribution in [0.3, 0.4) is 0 Å². The molecule has 0 saturated heterocycles. The minimum atomic E-state index is -0.794. The predicted molar refractivity (Wildman–Crippen MR) is 139 cm³/mol. The fourth-order valence-corrected chi connectivity index (χ4v) is 10.2. The average Bonchev–Trinajstić information content (AvgIpc) is 3.07. The maximum Gasteiger partial charge on any atom is 0.138 e. The van der Waals surface area contributed by atoms with Gasteiger partial charge in [0.1, 0.15) is 5.78 Å². The highest BCUT2D eigenvalue weighted by Crippen LogP contribution is 2.75. The summed E-state index contributed by atoms with van der Waals surface area (Å²) in [6.45, 7) is 17.8. The summed E-state index contributed by atoms with van der Waals surface area (Å²) in [7, 11) is 0. The number of carbonyl (C=O) groups excluding carboxylic acids is 1. The Kier molecular flexibility index (Phi) is 6.34. The Morgan fingerprint density at radius 3 is 2.18 bits per heavy atom. The standard InChI is InChI=1S/C31H52O3/c1-26(2,33)16-9-10-17-31(8,34)22-13-19-29(6)21(22)11-12-24-28(5)18-15-25(32)27(3,4)23(28)14-20-30(24,29)7/h9,16,21-24,33-34H,10-15,17-20H2,1-8H3/t21-,22+,23+,24-,28+,29-,30-,31+/m1/s1. The first-order chi connectivity index (χ1) is 15.5. The summed E-state index contributed by atoms with van der Waals surface area (Å²) in [5.74, 6) is 2.57. The molecule has 4 rings (SSSR count). The number of ketones is 1. The molecule has 3 heteroatoms. The molecular formula is C31H52O3. The van der Waals surface area contributed by atoms with Crippen LogP contribution in [0.2, 0.25) is 0 Å². The average molecular weight is 473 g/mol. The molecule has 4 fully saturated rings. The van der Waals surface area contributed by atoms with Gasteiger partial charge in [0.15, 0.2) is 0 Å². The van der Waals surface area contributed by atoms with E-state index in [1.165, 1.54) is 32.1 Å². The minimum absolute atomic E-state index is 0.190. The number of fused-ring (bicyclic) bond motifs is 5. The Balaban J connectivity index is 1.57. The van der Waals surface area contributed by atoms with Gasteiger partial charge in [0.25, 0.3) is 0 Å². The van der Waals surface area contributed by atoms with Gasteiger partial charge in [-0.3, -0.25) is 4.79 Å². The van der Waals surface area contributed by atoms with Gasteiger partial charge in [-0.1, -0.05) is 46.8 Å². The van der Waals surface area contributed by atoms with Gasteiger partial charge in [0.2, 0.25) is 0 Å². The molecule has 3 nitrogen and oxygen atoms in total. The molecule has 0 heterocycles. The quantitative estimate of drug-likeness (QED) is 0.420. The Morgan fingerprint density at radius 1 is 0.882 bits per heavy atom. The first-order valence-corrected chi connectivity index (χ1v) is 14.1.